The zero-order valence-corrected chi connectivity index (χ0v) is 3.21. The summed E-state index contributed by atoms with van der Waals surface area (Å²) in [7, 11) is 0. The SMILES string of the molecule is [2H]C([2H])([2H])C([2H])([B-](F)(F)F)C([2H])([2H])[2H]. The Kier molecular flexibility index (Phi) is 0.358. The molecule has 0 N–H and O–H groups in total. The van der Waals surface area contributed by atoms with Gasteiger partial charge in [0.2, 0.25) is 0 Å². The van der Waals surface area contributed by atoms with Crippen molar-refractivity contribution in [2.24, 2.45) is 0 Å². The molecular formula is C3H7BF3-. The van der Waals surface area contributed by atoms with E-state index in [0.717, 1.165) is 0 Å². The topological polar surface area (TPSA) is 0 Å². The molecule has 0 aromatic carbocycles. The van der Waals surface area contributed by atoms with Crippen molar-refractivity contribution in [1.29, 1.82) is 0 Å². The molecule has 0 amide bonds. The van der Waals surface area contributed by atoms with Crippen molar-refractivity contribution in [3.05, 3.63) is 0 Å². The van der Waals surface area contributed by atoms with Crippen LogP contribution in [0.25, 0.3) is 0 Å². The largest absolute Gasteiger partial charge is 0.480 e. The van der Waals surface area contributed by atoms with Crippen LogP contribution in [0.15, 0.2) is 0 Å². The van der Waals surface area contributed by atoms with Crippen LogP contribution in [0.1, 0.15) is 23.3 Å². The zero-order valence-electron chi connectivity index (χ0n) is 10.2. The van der Waals surface area contributed by atoms with Crippen molar-refractivity contribution >= 4 is 6.98 Å². The summed E-state index contributed by atoms with van der Waals surface area (Å²) < 4.78 is 82.3. The van der Waals surface area contributed by atoms with Gasteiger partial charge in [-0.05, 0) is 1.37 Å². The van der Waals surface area contributed by atoms with Gasteiger partial charge in [0.25, 0.3) is 0 Å². The molecule has 0 aromatic heterocycles. The van der Waals surface area contributed by atoms with Crippen LogP contribution in [0.5, 0.6) is 0 Å². The molecule has 0 bridgehead atoms. The Balaban J connectivity index is 5.54. The Morgan fingerprint density at radius 2 is 2.00 bits per heavy atom. The summed E-state index contributed by atoms with van der Waals surface area (Å²) in [6, 6.07) is 0. The summed E-state index contributed by atoms with van der Waals surface area (Å²) in [5.74, 6) is -4.38. The molecule has 0 nitrogen and oxygen atoms in total. The number of hydrogen-bond donors (Lipinski definition) is 0. The fraction of sp³-hybridized carbons (Fsp3) is 1.00. The van der Waals surface area contributed by atoms with Gasteiger partial charge in [-0.15, -0.1) is 0 Å². The van der Waals surface area contributed by atoms with E-state index in [1.807, 2.05) is 0 Å². The van der Waals surface area contributed by atoms with E-state index in [-0.39, 0.29) is 0 Å². The molecule has 0 aliphatic carbocycles. The molecule has 0 radical (unpaired) electrons. The van der Waals surface area contributed by atoms with Crippen molar-refractivity contribution in [3.8, 4) is 0 Å². The molecular weight excluding hydrogens is 104 g/mol. The third kappa shape index (κ3) is 2.54. The molecule has 0 unspecified atom stereocenters. The Hall–Kier alpha value is -0.145. The smallest absolute Gasteiger partial charge is 0.449 e. The second-order valence-corrected chi connectivity index (χ2v) is 0.988. The average Bonchev–Trinajstić information content (AvgIpc) is 1.77. The predicted molar refractivity (Wildman–Crippen MR) is 24.2 cm³/mol. The first-order chi connectivity index (χ1) is 5.75. The van der Waals surface area contributed by atoms with Gasteiger partial charge in [0.15, 0.2) is 0 Å². The number of rotatable bonds is 1. The highest BCUT2D eigenvalue weighted by atomic mass is 19.4. The molecule has 0 saturated heterocycles. The summed E-state index contributed by atoms with van der Waals surface area (Å²) in [6.07, 6.45) is 0. The standard InChI is InChI=1S/C3H7BF3/c1-3(2)4(5,6)7/h3H,1-2H3/q-1/i1D3,2D3,3D. The molecule has 0 atom stereocenters. The monoisotopic (exact) mass is 118 g/mol. The highest BCUT2D eigenvalue weighted by Gasteiger charge is 2.26. The molecule has 7 heavy (non-hydrogen) atoms. The molecule has 0 heterocycles. The second kappa shape index (κ2) is 1.76. The third-order valence-electron chi connectivity index (χ3n) is 0.327. The summed E-state index contributed by atoms with van der Waals surface area (Å²) >= 11 is 0. The lowest BCUT2D eigenvalue weighted by molar-refractivity contribution is 0.447. The summed E-state index contributed by atoms with van der Waals surface area (Å²) in [6.45, 7) is -14.2. The van der Waals surface area contributed by atoms with Crippen LogP contribution < -0.4 is 0 Å². The van der Waals surface area contributed by atoms with Crippen molar-refractivity contribution in [1.82, 2.24) is 0 Å². The lowest BCUT2D eigenvalue weighted by atomic mass is 9.76. The second-order valence-electron chi connectivity index (χ2n) is 0.988. The van der Waals surface area contributed by atoms with Gasteiger partial charge in [0.1, 0.15) is 0 Å². The summed E-state index contributed by atoms with van der Waals surface area (Å²) in [4.78, 5) is 0. The molecule has 0 aliphatic heterocycles. The van der Waals surface area contributed by atoms with Gasteiger partial charge in [-0.25, -0.2) is 0 Å². The lowest BCUT2D eigenvalue weighted by Crippen LogP contribution is -2.18. The molecule has 44 valence electrons. The minimum absolute atomic E-state index is 3.92. The van der Waals surface area contributed by atoms with E-state index in [4.69, 9.17) is 9.60 Å². The molecule has 0 rings (SSSR count). The first kappa shape index (κ1) is 1.42. The minimum atomic E-state index is -6.31. The van der Waals surface area contributed by atoms with E-state index >= 15 is 0 Å². The fourth-order valence-corrected chi connectivity index (χ4v) is 0. The minimum Gasteiger partial charge on any atom is -0.449 e. The number of halogens is 3. The van der Waals surface area contributed by atoms with E-state index in [1.54, 1.807) is 0 Å². The van der Waals surface area contributed by atoms with Gasteiger partial charge in [-0.1, -0.05) is 19.5 Å². The highest BCUT2D eigenvalue weighted by Crippen LogP contribution is 2.23. The number of hydrogen-bond acceptors (Lipinski definition) is 0. The fourth-order valence-electron chi connectivity index (χ4n) is 0. The van der Waals surface area contributed by atoms with Crippen LogP contribution in [0.4, 0.5) is 12.9 Å². The highest BCUT2D eigenvalue weighted by molar-refractivity contribution is 6.59. The normalized spacial score (nSPS) is 32.7. The van der Waals surface area contributed by atoms with Crippen LogP contribution in [-0.2, 0) is 0 Å². The van der Waals surface area contributed by atoms with E-state index < -0.39 is 26.5 Å². The quantitative estimate of drug-likeness (QED) is 0.463. The summed E-state index contributed by atoms with van der Waals surface area (Å²) in [5.41, 5.74) is 0. The Morgan fingerprint density at radius 1 is 1.57 bits per heavy atom. The van der Waals surface area contributed by atoms with Crippen molar-refractivity contribution in [2.45, 2.75) is 19.5 Å². The summed E-state index contributed by atoms with van der Waals surface area (Å²) in [5, 5.41) is 0. The molecule has 0 aromatic rings. The Bertz CT molecular complexity index is 178. The van der Waals surface area contributed by atoms with Crippen molar-refractivity contribution in [2.75, 3.05) is 0 Å². The van der Waals surface area contributed by atoms with E-state index in [0.29, 0.717) is 0 Å². The average molecular weight is 118 g/mol. The molecule has 0 aliphatic rings. The lowest BCUT2D eigenvalue weighted by Gasteiger charge is -2.16. The van der Waals surface area contributed by atoms with Crippen molar-refractivity contribution in [3.63, 3.8) is 0 Å². The maximum absolute atomic E-state index is 12.3. The van der Waals surface area contributed by atoms with Crippen LogP contribution in [0, 0.1) is 0 Å². The van der Waals surface area contributed by atoms with E-state index in [1.165, 1.54) is 0 Å². The van der Waals surface area contributed by atoms with Gasteiger partial charge >= 0.3 is 6.98 Å². The molecule has 0 saturated carbocycles. The van der Waals surface area contributed by atoms with Gasteiger partial charge in [-0.2, -0.15) is 0 Å². The van der Waals surface area contributed by atoms with Gasteiger partial charge in [0.05, 0.1) is 0 Å². The first-order valence-corrected chi connectivity index (χ1v) is 1.44. The maximum atomic E-state index is 12.3. The van der Waals surface area contributed by atoms with E-state index in [2.05, 4.69) is 0 Å². The molecule has 0 fully saturated rings. The predicted octanol–water partition coefficient (Wildman–Crippen LogP) is 2.24. The van der Waals surface area contributed by atoms with Crippen molar-refractivity contribution < 1.29 is 22.5 Å². The molecule has 0 spiro atoms. The van der Waals surface area contributed by atoms with E-state index in [9.17, 15) is 12.9 Å². The van der Waals surface area contributed by atoms with Crippen LogP contribution in [0.2, 0.25) is 5.79 Å². The van der Waals surface area contributed by atoms with Gasteiger partial charge < -0.3 is 12.9 Å². The third-order valence-corrected chi connectivity index (χ3v) is 0.327. The van der Waals surface area contributed by atoms with Crippen LogP contribution in [0.3, 0.4) is 0 Å². The van der Waals surface area contributed by atoms with Gasteiger partial charge in [-0.3, -0.25) is 0 Å². The van der Waals surface area contributed by atoms with Crippen LogP contribution >= 0.6 is 0 Å². The first-order valence-electron chi connectivity index (χ1n) is 4.94. The zero-order chi connectivity index (χ0) is 12.0. The van der Waals surface area contributed by atoms with Gasteiger partial charge in [0, 0.05) is 8.22 Å². The van der Waals surface area contributed by atoms with Crippen LogP contribution in [-0.4, -0.2) is 6.98 Å². The Labute approximate surface area is 50.6 Å². The molecule has 4 heteroatoms. The Morgan fingerprint density at radius 3 is 2.00 bits per heavy atom. The maximum Gasteiger partial charge on any atom is 0.480 e.